The molecule has 0 fully saturated rings. The summed E-state index contributed by atoms with van der Waals surface area (Å²) >= 11 is 1.53. The molecule has 1 atom stereocenters. The van der Waals surface area contributed by atoms with Crippen molar-refractivity contribution in [2.45, 2.75) is 35.3 Å². The summed E-state index contributed by atoms with van der Waals surface area (Å²) in [6.45, 7) is 3.92. The van der Waals surface area contributed by atoms with Gasteiger partial charge in [0.2, 0.25) is 5.91 Å². The number of carbonyl (C=O) groups excluding carboxylic acids is 2. The van der Waals surface area contributed by atoms with E-state index in [1.807, 2.05) is 6.92 Å². The molecular weight excluding hydrogens is 400 g/mol. The fraction of sp³-hybridized carbons (Fsp3) is 0.263. The lowest BCUT2D eigenvalue weighted by Gasteiger charge is -2.12. The highest BCUT2D eigenvalue weighted by atomic mass is 32.2. The topological polar surface area (TPSA) is 102 Å². The Morgan fingerprint density at radius 3 is 2.64 bits per heavy atom. The van der Waals surface area contributed by atoms with Crippen molar-refractivity contribution in [3.8, 4) is 0 Å². The zero-order chi connectivity index (χ0) is 20.3. The maximum absolute atomic E-state index is 12.7. The second-order valence-corrected chi connectivity index (χ2v) is 9.40. The first-order valence-corrected chi connectivity index (χ1v) is 11.1. The number of nitrogens with one attached hydrogen (secondary N) is 2. The van der Waals surface area contributed by atoms with Crippen LogP contribution in [0, 0.1) is 0 Å². The van der Waals surface area contributed by atoms with Crippen LogP contribution in [0.5, 0.6) is 0 Å². The molecular formula is C19H20N2O5S2. The molecule has 3 rings (SSSR count). The number of thioether (sulfide) groups is 1. The Balaban J connectivity index is 1.82. The Kier molecular flexibility index (Phi) is 5.95. The molecule has 0 spiro atoms. The summed E-state index contributed by atoms with van der Waals surface area (Å²) in [7, 11) is -3.86. The molecule has 2 N–H and O–H groups in total. The Hall–Kier alpha value is -2.52. The lowest BCUT2D eigenvalue weighted by Crippen LogP contribution is -2.15. The molecule has 0 aliphatic carbocycles. The summed E-state index contributed by atoms with van der Waals surface area (Å²) in [5, 5.41) is 2.87. The summed E-state index contributed by atoms with van der Waals surface area (Å²) in [5.74, 6) is -0.610. The minimum absolute atomic E-state index is 0.0381. The molecule has 1 amide bonds. The molecule has 0 saturated carbocycles. The highest BCUT2D eigenvalue weighted by molar-refractivity contribution is 8.00. The third-order valence-electron chi connectivity index (χ3n) is 3.98. The predicted octanol–water partition coefficient (Wildman–Crippen LogP) is 3.49. The molecule has 1 heterocycles. The van der Waals surface area contributed by atoms with E-state index in [0.717, 1.165) is 4.90 Å². The fourth-order valence-electron chi connectivity index (χ4n) is 2.70. The summed E-state index contributed by atoms with van der Waals surface area (Å²) in [5.41, 5.74) is 1.14. The number of carbonyl (C=O) groups is 2. The number of hydrogen-bond acceptors (Lipinski definition) is 6. The lowest BCUT2D eigenvalue weighted by molar-refractivity contribution is -0.116. The molecule has 0 bridgehead atoms. The van der Waals surface area contributed by atoms with Crippen molar-refractivity contribution in [1.29, 1.82) is 0 Å². The van der Waals surface area contributed by atoms with E-state index >= 15 is 0 Å². The van der Waals surface area contributed by atoms with Crippen LogP contribution in [0.1, 0.15) is 30.6 Å². The van der Waals surface area contributed by atoms with Gasteiger partial charge in [-0.05, 0) is 49.4 Å². The van der Waals surface area contributed by atoms with Gasteiger partial charge in [-0.1, -0.05) is 6.92 Å². The monoisotopic (exact) mass is 420 g/mol. The van der Waals surface area contributed by atoms with Gasteiger partial charge < -0.3 is 10.1 Å². The summed E-state index contributed by atoms with van der Waals surface area (Å²) in [4.78, 5) is 24.5. The number of rotatable bonds is 5. The highest BCUT2D eigenvalue weighted by Gasteiger charge is 2.22. The predicted molar refractivity (Wildman–Crippen MR) is 108 cm³/mol. The van der Waals surface area contributed by atoms with E-state index in [1.54, 1.807) is 13.0 Å². The van der Waals surface area contributed by atoms with Gasteiger partial charge in [-0.3, -0.25) is 9.52 Å². The first-order chi connectivity index (χ1) is 13.3. The van der Waals surface area contributed by atoms with Crippen molar-refractivity contribution < 1.29 is 22.7 Å². The fourth-order valence-corrected chi connectivity index (χ4v) is 4.84. The van der Waals surface area contributed by atoms with Gasteiger partial charge in [0.25, 0.3) is 10.0 Å². The second kappa shape index (κ2) is 8.24. The maximum atomic E-state index is 12.7. The first kappa shape index (κ1) is 20.2. The molecule has 2 aromatic carbocycles. The smallest absolute Gasteiger partial charge is 0.338 e. The Bertz CT molecular complexity index is 1000. The molecule has 7 nitrogen and oxygen atoms in total. The van der Waals surface area contributed by atoms with Gasteiger partial charge in [0.15, 0.2) is 0 Å². The number of sulfonamides is 1. The number of anilines is 2. The Morgan fingerprint density at radius 2 is 1.96 bits per heavy atom. The summed E-state index contributed by atoms with van der Waals surface area (Å²) < 4.78 is 32.8. The average molecular weight is 421 g/mol. The maximum Gasteiger partial charge on any atom is 0.338 e. The van der Waals surface area contributed by atoms with Gasteiger partial charge >= 0.3 is 5.97 Å². The van der Waals surface area contributed by atoms with Crippen molar-refractivity contribution in [2.24, 2.45) is 0 Å². The number of benzene rings is 2. The second-order valence-electron chi connectivity index (χ2n) is 6.24. The molecule has 1 aliphatic rings. The van der Waals surface area contributed by atoms with Crippen LogP contribution >= 0.6 is 11.8 Å². The standard InChI is InChI=1S/C19H20N2O5S2/c1-3-26-19(23)13-4-6-14(7-5-13)21-28(24,25)15-8-9-17-16(11-15)20-18(22)10-12(2)27-17/h4-9,11-12,21H,3,10H2,1-2H3,(H,20,22)/t12-/m0/s1. The average Bonchev–Trinajstić information content (AvgIpc) is 2.77. The number of fused-ring (bicyclic) bond motifs is 1. The van der Waals surface area contributed by atoms with Gasteiger partial charge in [0, 0.05) is 22.3 Å². The van der Waals surface area contributed by atoms with E-state index in [-0.39, 0.29) is 22.7 Å². The van der Waals surface area contributed by atoms with E-state index in [0.29, 0.717) is 23.4 Å². The van der Waals surface area contributed by atoms with E-state index in [1.165, 1.54) is 48.2 Å². The molecule has 0 aromatic heterocycles. The van der Waals surface area contributed by atoms with Crippen LogP contribution in [0.25, 0.3) is 0 Å². The molecule has 28 heavy (non-hydrogen) atoms. The van der Waals surface area contributed by atoms with Crippen LogP contribution < -0.4 is 10.0 Å². The van der Waals surface area contributed by atoms with Crippen molar-refractivity contribution in [1.82, 2.24) is 0 Å². The molecule has 0 saturated heterocycles. The SMILES string of the molecule is CCOC(=O)c1ccc(NS(=O)(=O)c2ccc3c(c2)NC(=O)C[C@H](C)S3)cc1. The number of amides is 1. The third kappa shape index (κ3) is 4.66. The quantitative estimate of drug-likeness (QED) is 0.718. The van der Waals surface area contributed by atoms with Crippen molar-refractivity contribution >= 4 is 45.0 Å². The molecule has 9 heteroatoms. The minimum Gasteiger partial charge on any atom is -0.462 e. The van der Waals surface area contributed by atoms with E-state index in [4.69, 9.17) is 4.74 Å². The lowest BCUT2D eigenvalue weighted by atomic mass is 10.2. The van der Waals surface area contributed by atoms with E-state index < -0.39 is 16.0 Å². The molecule has 0 unspecified atom stereocenters. The van der Waals surface area contributed by atoms with Gasteiger partial charge in [-0.25, -0.2) is 13.2 Å². The molecule has 1 aliphatic heterocycles. The Morgan fingerprint density at radius 1 is 1.25 bits per heavy atom. The van der Waals surface area contributed by atoms with Crippen LogP contribution in [0.3, 0.4) is 0 Å². The van der Waals surface area contributed by atoms with Crippen molar-refractivity contribution in [3.05, 3.63) is 48.0 Å². The van der Waals surface area contributed by atoms with Crippen LogP contribution in [0.15, 0.2) is 52.3 Å². The summed E-state index contributed by atoms with van der Waals surface area (Å²) in [6, 6.07) is 10.6. The zero-order valence-electron chi connectivity index (χ0n) is 15.4. The van der Waals surface area contributed by atoms with Crippen LogP contribution in [-0.2, 0) is 19.6 Å². The molecule has 148 valence electrons. The normalized spacial score (nSPS) is 16.5. The highest BCUT2D eigenvalue weighted by Crippen LogP contribution is 2.36. The van der Waals surface area contributed by atoms with E-state index in [2.05, 4.69) is 10.0 Å². The minimum atomic E-state index is -3.86. The van der Waals surface area contributed by atoms with Crippen LogP contribution in [-0.4, -0.2) is 32.2 Å². The molecule has 2 aromatic rings. The van der Waals surface area contributed by atoms with Crippen molar-refractivity contribution in [2.75, 3.05) is 16.6 Å². The van der Waals surface area contributed by atoms with Gasteiger partial charge in [-0.15, -0.1) is 11.8 Å². The first-order valence-electron chi connectivity index (χ1n) is 8.69. The van der Waals surface area contributed by atoms with E-state index in [9.17, 15) is 18.0 Å². The van der Waals surface area contributed by atoms with Gasteiger partial charge in [0.05, 0.1) is 22.8 Å². The molecule has 0 radical (unpaired) electrons. The van der Waals surface area contributed by atoms with Crippen LogP contribution in [0.2, 0.25) is 0 Å². The number of ether oxygens (including phenoxy) is 1. The number of esters is 1. The van der Waals surface area contributed by atoms with Gasteiger partial charge in [0.1, 0.15) is 0 Å². The number of hydrogen-bond donors (Lipinski definition) is 2. The van der Waals surface area contributed by atoms with Crippen molar-refractivity contribution in [3.63, 3.8) is 0 Å². The van der Waals surface area contributed by atoms with Crippen LogP contribution in [0.4, 0.5) is 11.4 Å². The zero-order valence-corrected chi connectivity index (χ0v) is 17.0. The summed E-state index contributed by atoms with van der Waals surface area (Å²) in [6.07, 6.45) is 0.368. The van der Waals surface area contributed by atoms with Gasteiger partial charge in [-0.2, -0.15) is 0 Å². The third-order valence-corrected chi connectivity index (χ3v) is 6.54. The largest absolute Gasteiger partial charge is 0.462 e. The Labute approximate surface area is 167 Å².